The zero-order valence-corrected chi connectivity index (χ0v) is 22.2. The number of hydrogen-bond donors (Lipinski definition) is 2. The normalized spacial score (nSPS) is 11.1. The Hall–Kier alpha value is -5.34. The fraction of sp³-hybridized carbons (Fsp3) is 0.0400. The van der Waals surface area contributed by atoms with Gasteiger partial charge in [0.05, 0.1) is 11.1 Å². The molecule has 14 nitrogen and oxygen atoms in total. The van der Waals surface area contributed by atoms with E-state index in [0.717, 1.165) is 4.68 Å². The number of carbonyl (C=O) groups is 1. The van der Waals surface area contributed by atoms with E-state index in [1.165, 1.54) is 24.4 Å². The zero-order valence-electron chi connectivity index (χ0n) is 20.6. The molecule has 5 rings (SSSR count). The molecule has 0 unspecified atom stereocenters. The standard InChI is InChI=1S/C25H17Cl2N9O5/c26-18-7-4-8-19(27)17(18)13-40-20-10-9-16(36(38)39)11-15(20)12-29-31-25(37)22-21(14-5-2-1-3-6-14)30-34-35(22)24-23(28)32-41-33-24/h1-12H,13H2,(H2,28,32)(H,31,37)/b29-12-. The lowest BCUT2D eigenvalue weighted by atomic mass is 10.1. The Balaban J connectivity index is 1.44. The highest BCUT2D eigenvalue weighted by Gasteiger charge is 2.26. The Kier molecular flexibility index (Phi) is 7.85. The van der Waals surface area contributed by atoms with Crippen molar-refractivity contribution in [3.05, 3.63) is 104 Å². The predicted molar refractivity (Wildman–Crippen MR) is 148 cm³/mol. The molecular weight excluding hydrogens is 577 g/mol. The Morgan fingerprint density at radius 1 is 1.12 bits per heavy atom. The summed E-state index contributed by atoms with van der Waals surface area (Å²) in [6, 6.07) is 17.7. The summed E-state index contributed by atoms with van der Waals surface area (Å²) >= 11 is 12.4. The Labute approximate surface area is 240 Å². The minimum absolute atomic E-state index is 0.0258. The van der Waals surface area contributed by atoms with E-state index < -0.39 is 10.8 Å². The number of carbonyl (C=O) groups excluding carboxylic acids is 1. The molecule has 0 aliphatic carbocycles. The van der Waals surface area contributed by atoms with Crippen LogP contribution >= 0.6 is 23.2 Å². The molecule has 5 aromatic rings. The molecule has 206 valence electrons. The summed E-state index contributed by atoms with van der Waals surface area (Å²) in [5, 5.41) is 31.5. The summed E-state index contributed by atoms with van der Waals surface area (Å²) in [4.78, 5) is 24.2. The van der Waals surface area contributed by atoms with Crippen LogP contribution in [0.5, 0.6) is 5.75 Å². The second kappa shape index (κ2) is 11.8. The van der Waals surface area contributed by atoms with Gasteiger partial charge in [-0.25, -0.2) is 10.1 Å². The van der Waals surface area contributed by atoms with Crippen LogP contribution in [0.3, 0.4) is 0 Å². The number of nitro benzene ring substituents is 1. The highest BCUT2D eigenvalue weighted by molar-refractivity contribution is 6.35. The molecule has 2 heterocycles. The lowest BCUT2D eigenvalue weighted by Crippen LogP contribution is -2.22. The Morgan fingerprint density at radius 2 is 1.88 bits per heavy atom. The van der Waals surface area contributed by atoms with Crippen molar-refractivity contribution in [2.75, 3.05) is 5.73 Å². The summed E-state index contributed by atoms with van der Waals surface area (Å²) in [5.74, 6) is -0.698. The fourth-order valence-electron chi connectivity index (χ4n) is 3.68. The number of rotatable bonds is 9. The summed E-state index contributed by atoms with van der Waals surface area (Å²) in [7, 11) is 0. The van der Waals surface area contributed by atoms with Crippen molar-refractivity contribution in [1.29, 1.82) is 0 Å². The van der Waals surface area contributed by atoms with Gasteiger partial charge in [-0.05, 0) is 28.5 Å². The highest BCUT2D eigenvalue weighted by atomic mass is 35.5. The quantitative estimate of drug-likeness (QED) is 0.140. The van der Waals surface area contributed by atoms with Crippen molar-refractivity contribution in [3.63, 3.8) is 0 Å². The molecule has 1 amide bonds. The molecule has 41 heavy (non-hydrogen) atoms. The van der Waals surface area contributed by atoms with Gasteiger partial charge in [0, 0.05) is 38.9 Å². The monoisotopic (exact) mass is 593 g/mol. The molecule has 0 atom stereocenters. The van der Waals surface area contributed by atoms with Gasteiger partial charge < -0.3 is 10.5 Å². The van der Waals surface area contributed by atoms with E-state index in [-0.39, 0.29) is 46.6 Å². The van der Waals surface area contributed by atoms with Crippen molar-refractivity contribution in [2.45, 2.75) is 6.61 Å². The Morgan fingerprint density at radius 3 is 2.56 bits per heavy atom. The van der Waals surface area contributed by atoms with Crippen molar-refractivity contribution < 1.29 is 19.1 Å². The smallest absolute Gasteiger partial charge is 0.292 e. The molecule has 0 spiro atoms. The Bertz CT molecular complexity index is 1750. The van der Waals surface area contributed by atoms with E-state index in [1.807, 2.05) is 0 Å². The molecule has 16 heteroatoms. The first kappa shape index (κ1) is 27.2. The topological polar surface area (TPSA) is 189 Å². The maximum atomic E-state index is 13.3. The van der Waals surface area contributed by atoms with Gasteiger partial charge in [0.25, 0.3) is 11.6 Å². The summed E-state index contributed by atoms with van der Waals surface area (Å²) in [6.45, 7) is -0.0258. The molecule has 0 aliphatic heterocycles. The number of amides is 1. The number of nitrogens with one attached hydrogen (secondary N) is 1. The molecule has 0 saturated heterocycles. The first-order valence-electron chi connectivity index (χ1n) is 11.6. The van der Waals surface area contributed by atoms with Gasteiger partial charge in [-0.15, -0.1) is 5.10 Å². The summed E-state index contributed by atoms with van der Waals surface area (Å²) in [6.07, 6.45) is 1.19. The van der Waals surface area contributed by atoms with Gasteiger partial charge in [0.15, 0.2) is 5.69 Å². The van der Waals surface area contributed by atoms with Gasteiger partial charge in [-0.1, -0.05) is 64.8 Å². The zero-order chi connectivity index (χ0) is 28.9. The number of halogens is 2. The number of non-ortho nitro benzene ring substituents is 1. The lowest BCUT2D eigenvalue weighted by Gasteiger charge is -2.11. The van der Waals surface area contributed by atoms with Gasteiger partial charge in [0.2, 0.25) is 11.6 Å². The number of hydrogen-bond acceptors (Lipinski definition) is 11. The lowest BCUT2D eigenvalue weighted by molar-refractivity contribution is -0.384. The molecule has 0 aliphatic rings. The average molecular weight is 594 g/mol. The number of hydrazone groups is 1. The van der Waals surface area contributed by atoms with Crippen molar-refractivity contribution in [2.24, 2.45) is 5.10 Å². The first-order chi connectivity index (χ1) is 19.8. The van der Waals surface area contributed by atoms with Crippen molar-refractivity contribution in [3.8, 4) is 22.8 Å². The van der Waals surface area contributed by atoms with Crippen LogP contribution in [0, 0.1) is 10.1 Å². The van der Waals surface area contributed by atoms with Crippen molar-refractivity contribution >= 4 is 46.8 Å². The van der Waals surface area contributed by atoms with E-state index in [4.69, 9.17) is 33.7 Å². The van der Waals surface area contributed by atoms with Gasteiger partial charge >= 0.3 is 0 Å². The summed E-state index contributed by atoms with van der Waals surface area (Å²) < 4.78 is 11.6. The maximum absolute atomic E-state index is 13.3. The number of benzene rings is 3. The second-order valence-electron chi connectivity index (χ2n) is 8.20. The summed E-state index contributed by atoms with van der Waals surface area (Å²) in [5.41, 5.74) is 9.40. The van der Waals surface area contributed by atoms with E-state index in [9.17, 15) is 14.9 Å². The highest BCUT2D eigenvalue weighted by Crippen LogP contribution is 2.29. The number of nitrogens with zero attached hydrogens (tertiary/aromatic N) is 7. The average Bonchev–Trinajstić information content (AvgIpc) is 3.59. The van der Waals surface area contributed by atoms with Crippen LogP contribution in [0.15, 0.2) is 76.5 Å². The number of ether oxygens (including phenoxy) is 1. The SMILES string of the molecule is Nc1nonc1-n1nnc(-c2ccccc2)c1C(=O)N/N=C\c1cc([N+](=O)[O-])ccc1OCc1c(Cl)cccc1Cl. The van der Waals surface area contributed by atoms with Gasteiger partial charge in [0.1, 0.15) is 18.1 Å². The molecule has 3 N–H and O–H groups in total. The molecule has 3 aromatic carbocycles. The van der Waals surface area contributed by atoms with Gasteiger partial charge in [-0.3, -0.25) is 14.9 Å². The largest absolute Gasteiger partial charge is 0.488 e. The predicted octanol–water partition coefficient (Wildman–Crippen LogP) is 4.46. The number of aromatic nitrogens is 5. The first-order valence-corrected chi connectivity index (χ1v) is 12.4. The number of anilines is 1. The van der Waals surface area contributed by atoms with Crippen LogP contribution in [-0.4, -0.2) is 42.4 Å². The molecular formula is C25H17Cl2N9O5. The van der Waals surface area contributed by atoms with Crippen LogP contribution in [-0.2, 0) is 6.61 Å². The van der Waals surface area contributed by atoms with E-state index in [2.05, 4.69) is 35.8 Å². The molecule has 0 saturated carbocycles. The minimum Gasteiger partial charge on any atom is -0.488 e. The van der Waals surface area contributed by atoms with Crippen LogP contribution in [0.1, 0.15) is 21.6 Å². The van der Waals surface area contributed by atoms with E-state index >= 15 is 0 Å². The minimum atomic E-state index is -0.747. The van der Waals surface area contributed by atoms with Crippen LogP contribution < -0.4 is 15.9 Å². The van der Waals surface area contributed by atoms with Crippen LogP contribution in [0.2, 0.25) is 10.0 Å². The molecule has 2 aromatic heterocycles. The van der Waals surface area contributed by atoms with E-state index in [1.54, 1.807) is 48.5 Å². The maximum Gasteiger partial charge on any atom is 0.292 e. The molecule has 0 bridgehead atoms. The third-order valence-corrected chi connectivity index (χ3v) is 6.34. The third kappa shape index (κ3) is 5.83. The van der Waals surface area contributed by atoms with Crippen LogP contribution in [0.25, 0.3) is 17.1 Å². The molecule has 0 fully saturated rings. The number of nitro groups is 1. The fourth-order valence-corrected chi connectivity index (χ4v) is 4.18. The third-order valence-electron chi connectivity index (χ3n) is 5.64. The van der Waals surface area contributed by atoms with Crippen LogP contribution in [0.4, 0.5) is 11.5 Å². The van der Waals surface area contributed by atoms with Crippen molar-refractivity contribution in [1.82, 2.24) is 30.7 Å². The number of nitrogens with two attached hydrogens (primary N) is 1. The number of nitrogen functional groups attached to an aromatic ring is 1. The second-order valence-corrected chi connectivity index (χ2v) is 9.02. The molecule has 0 radical (unpaired) electrons. The van der Waals surface area contributed by atoms with E-state index in [0.29, 0.717) is 21.2 Å². The van der Waals surface area contributed by atoms with Gasteiger partial charge in [-0.2, -0.15) is 9.78 Å².